The molecule has 0 saturated heterocycles. The van der Waals surface area contributed by atoms with E-state index in [0.29, 0.717) is 5.56 Å². The Labute approximate surface area is 167 Å². The van der Waals surface area contributed by atoms with Gasteiger partial charge in [0, 0.05) is 11.6 Å². The van der Waals surface area contributed by atoms with Gasteiger partial charge in [0.1, 0.15) is 6.04 Å². The van der Waals surface area contributed by atoms with Crippen LogP contribution in [-0.2, 0) is 14.3 Å². The maximum absolute atomic E-state index is 12.5. The quantitative estimate of drug-likeness (QED) is 0.555. The van der Waals surface area contributed by atoms with E-state index >= 15 is 0 Å². The van der Waals surface area contributed by atoms with Gasteiger partial charge in [-0.15, -0.1) is 0 Å². The second-order valence-corrected chi connectivity index (χ2v) is 7.87. The van der Waals surface area contributed by atoms with Crippen molar-refractivity contribution in [2.75, 3.05) is 6.61 Å². The van der Waals surface area contributed by atoms with Crippen molar-refractivity contribution in [2.45, 2.75) is 71.4 Å². The van der Waals surface area contributed by atoms with E-state index in [1.807, 2.05) is 32.9 Å². The summed E-state index contributed by atoms with van der Waals surface area (Å²) in [5, 5.41) is 5.69. The summed E-state index contributed by atoms with van der Waals surface area (Å²) >= 11 is 0. The third kappa shape index (κ3) is 6.66. The lowest BCUT2D eigenvalue weighted by atomic mass is 10.0. The van der Waals surface area contributed by atoms with Crippen LogP contribution in [0.2, 0.25) is 0 Å². The number of esters is 1. The summed E-state index contributed by atoms with van der Waals surface area (Å²) in [5.74, 6) is -1.36. The summed E-state index contributed by atoms with van der Waals surface area (Å²) in [6.07, 6.45) is 6.59. The average Bonchev–Trinajstić information content (AvgIpc) is 2.92. The van der Waals surface area contributed by atoms with Gasteiger partial charge in [0.2, 0.25) is 0 Å². The van der Waals surface area contributed by atoms with Crippen LogP contribution in [0.1, 0.15) is 68.3 Å². The fraction of sp³-hybridized carbons (Fsp3) is 0.591. The molecule has 0 unspecified atom stereocenters. The molecule has 1 aliphatic rings. The predicted molar refractivity (Wildman–Crippen MR) is 108 cm³/mol. The van der Waals surface area contributed by atoms with E-state index in [2.05, 4.69) is 10.6 Å². The number of nitrogens with one attached hydrogen (secondary N) is 2. The van der Waals surface area contributed by atoms with E-state index in [-0.39, 0.29) is 30.4 Å². The van der Waals surface area contributed by atoms with E-state index in [1.165, 1.54) is 12.8 Å². The lowest BCUT2D eigenvalue weighted by Gasteiger charge is -2.22. The number of aryl methyl sites for hydroxylation is 1. The van der Waals surface area contributed by atoms with Crippen LogP contribution >= 0.6 is 0 Å². The molecule has 1 aliphatic carbocycles. The highest BCUT2D eigenvalue weighted by Gasteiger charge is 2.27. The Bertz CT molecular complexity index is 679. The topological polar surface area (TPSA) is 84.5 Å². The molecule has 154 valence electrons. The van der Waals surface area contributed by atoms with Crippen molar-refractivity contribution in [3.63, 3.8) is 0 Å². The van der Waals surface area contributed by atoms with Gasteiger partial charge in [-0.25, -0.2) is 4.79 Å². The standard InChI is InChI=1S/C22H32N2O4/c1-15(2)20(24-21(26)18-13-9-8-10-16(18)3)22(27)28-14-19(25)23-17-11-6-4-5-7-12-17/h8-10,13,15,17,20H,4-7,11-12,14H2,1-3H3,(H,23,25)(H,24,26)/t20-/m0/s1. The Kier molecular flexibility index (Phi) is 8.48. The maximum Gasteiger partial charge on any atom is 0.329 e. The van der Waals surface area contributed by atoms with Crippen LogP contribution < -0.4 is 10.6 Å². The molecule has 0 heterocycles. The highest BCUT2D eigenvalue weighted by atomic mass is 16.5. The van der Waals surface area contributed by atoms with Crippen LogP contribution in [0.3, 0.4) is 0 Å². The minimum atomic E-state index is -0.808. The number of amides is 2. The third-order valence-corrected chi connectivity index (χ3v) is 5.16. The van der Waals surface area contributed by atoms with Crippen molar-refractivity contribution in [3.8, 4) is 0 Å². The molecule has 2 amide bonds. The fourth-order valence-corrected chi connectivity index (χ4v) is 3.46. The summed E-state index contributed by atoms with van der Waals surface area (Å²) in [6.45, 7) is 5.18. The number of hydrogen-bond acceptors (Lipinski definition) is 4. The highest BCUT2D eigenvalue weighted by Crippen LogP contribution is 2.17. The third-order valence-electron chi connectivity index (χ3n) is 5.16. The second kappa shape index (κ2) is 10.8. The Morgan fingerprint density at radius 3 is 2.32 bits per heavy atom. The molecule has 2 rings (SSSR count). The molecular weight excluding hydrogens is 356 g/mol. The van der Waals surface area contributed by atoms with Crippen molar-refractivity contribution >= 4 is 17.8 Å². The SMILES string of the molecule is Cc1ccccc1C(=O)N[C@H](C(=O)OCC(=O)NC1CCCCCC1)C(C)C. The zero-order valence-electron chi connectivity index (χ0n) is 17.1. The van der Waals surface area contributed by atoms with Crippen LogP contribution in [0, 0.1) is 12.8 Å². The monoisotopic (exact) mass is 388 g/mol. The first-order valence-corrected chi connectivity index (χ1v) is 10.2. The minimum Gasteiger partial charge on any atom is -0.454 e. The van der Waals surface area contributed by atoms with Gasteiger partial charge in [-0.2, -0.15) is 0 Å². The number of ether oxygens (including phenoxy) is 1. The molecule has 1 saturated carbocycles. The van der Waals surface area contributed by atoms with E-state index in [0.717, 1.165) is 31.2 Å². The summed E-state index contributed by atoms with van der Waals surface area (Å²) in [7, 11) is 0. The van der Waals surface area contributed by atoms with Gasteiger partial charge in [-0.3, -0.25) is 9.59 Å². The van der Waals surface area contributed by atoms with Gasteiger partial charge in [-0.05, 0) is 37.3 Å². The number of benzene rings is 1. The molecule has 1 fully saturated rings. The van der Waals surface area contributed by atoms with Gasteiger partial charge in [0.25, 0.3) is 11.8 Å². The maximum atomic E-state index is 12.5. The molecule has 2 N–H and O–H groups in total. The molecule has 0 aromatic heterocycles. The first kappa shape index (κ1) is 21.9. The molecule has 6 heteroatoms. The van der Waals surface area contributed by atoms with E-state index in [1.54, 1.807) is 12.1 Å². The van der Waals surface area contributed by atoms with E-state index in [9.17, 15) is 14.4 Å². The van der Waals surface area contributed by atoms with Crippen LogP contribution in [-0.4, -0.2) is 36.5 Å². The number of carbonyl (C=O) groups is 3. The predicted octanol–water partition coefficient (Wildman–Crippen LogP) is 3.13. The Balaban J connectivity index is 1.87. The van der Waals surface area contributed by atoms with Gasteiger partial charge in [0.05, 0.1) is 0 Å². The number of rotatable bonds is 7. The summed E-state index contributed by atoms with van der Waals surface area (Å²) in [6, 6.07) is 6.55. The summed E-state index contributed by atoms with van der Waals surface area (Å²) < 4.78 is 5.20. The smallest absolute Gasteiger partial charge is 0.329 e. The zero-order valence-corrected chi connectivity index (χ0v) is 17.1. The molecule has 28 heavy (non-hydrogen) atoms. The van der Waals surface area contributed by atoms with Crippen molar-refractivity contribution in [1.82, 2.24) is 10.6 Å². The average molecular weight is 389 g/mol. The molecule has 0 bridgehead atoms. The molecule has 1 atom stereocenters. The molecule has 1 aromatic carbocycles. The van der Waals surface area contributed by atoms with Gasteiger partial charge < -0.3 is 15.4 Å². The number of carbonyl (C=O) groups excluding carboxylic acids is 3. The van der Waals surface area contributed by atoms with Crippen LogP contribution in [0.5, 0.6) is 0 Å². The Morgan fingerprint density at radius 1 is 1.07 bits per heavy atom. The van der Waals surface area contributed by atoms with Crippen molar-refractivity contribution < 1.29 is 19.1 Å². The Morgan fingerprint density at radius 2 is 1.71 bits per heavy atom. The van der Waals surface area contributed by atoms with Gasteiger partial charge in [0.15, 0.2) is 6.61 Å². The molecule has 0 radical (unpaired) electrons. The lowest BCUT2D eigenvalue weighted by molar-refractivity contribution is -0.151. The normalized spacial score (nSPS) is 16.1. The summed E-state index contributed by atoms with van der Waals surface area (Å²) in [5.41, 5.74) is 1.35. The van der Waals surface area contributed by atoms with Crippen molar-refractivity contribution in [1.29, 1.82) is 0 Å². The molecule has 0 aliphatic heterocycles. The van der Waals surface area contributed by atoms with E-state index in [4.69, 9.17) is 4.74 Å². The highest BCUT2D eigenvalue weighted by molar-refractivity contribution is 5.98. The first-order valence-electron chi connectivity index (χ1n) is 10.2. The lowest BCUT2D eigenvalue weighted by Crippen LogP contribution is -2.46. The molecule has 0 spiro atoms. The van der Waals surface area contributed by atoms with Crippen molar-refractivity contribution in [2.24, 2.45) is 5.92 Å². The summed E-state index contributed by atoms with van der Waals surface area (Å²) in [4.78, 5) is 37.1. The van der Waals surface area contributed by atoms with Gasteiger partial charge in [-0.1, -0.05) is 57.7 Å². The molecule has 6 nitrogen and oxygen atoms in total. The van der Waals surface area contributed by atoms with Crippen LogP contribution in [0.4, 0.5) is 0 Å². The molecular formula is C22H32N2O4. The van der Waals surface area contributed by atoms with Gasteiger partial charge >= 0.3 is 5.97 Å². The minimum absolute atomic E-state index is 0.162. The van der Waals surface area contributed by atoms with E-state index < -0.39 is 12.0 Å². The second-order valence-electron chi connectivity index (χ2n) is 7.87. The fourth-order valence-electron chi connectivity index (χ4n) is 3.46. The Hall–Kier alpha value is -2.37. The first-order chi connectivity index (χ1) is 13.4. The van der Waals surface area contributed by atoms with Crippen LogP contribution in [0.15, 0.2) is 24.3 Å². The van der Waals surface area contributed by atoms with Crippen molar-refractivity contribution in [3.05, 3.63) is 35.4 Å². The number of hydrogen-bond donors (Lipinski definition) is 2. The van der Waals surface area contributed by atoms with Crippen LogP contribution in [0.25, 0.3) is 0 Å². The molecule has 1 aromatic rings. The zero-order chi connectivity index (χ0) is 20.5. The largest absolute Gasteiger partial charge is 0.454 e.